The molecule has 0 aliphatic rings. The fourth-order valence-electron chi connectivity index (χ4n) is 1.60. The van der Waals surface area contributed by atoms with Gasteiger partial charge in [0.25, 0.3) is 0 Å². The van der Waals surface area contributed by atoms with E-state index in [1.54, 1.807) is 13.2 Å². The topological polar surface area (TPSA) is 35.2 Å². The fourth-order valence-corrected chi connectivity index (χ4v) is 1.79. The van der Waals surface area contributed by atoms with Gasteiger partial charge >= 0.3 is 0 Å². The molecule has 0 saturated heterocycles. The Balaban J connectivity index is 0.00000144. The number of halogens is 1. The first kappa shape index (κ1) is 13.7. The highest BCUT2D eigenvalue weighted by Crippen LogP contribution is 2.35. The monoisotopic (exact) mass is 267 g/mol. The van der Waals surface area contributed by atoms with Crippen molar-refractivity contribution in [3.05, 3.63) is 42.5 Å². The van der Waals surface area contributed by atoms with E-state index in [1.807, 2.05) is 36.4 Å². The number of rotatable bonds is 2. The minimum absolute atomic E-state index is 0. The molecule has 0 atom stereocenters. The van der Waals surface area contributed by atoms with E-state index >= 15 is 0 Å². The maximum atomic E-state index is 5.79. The van der Waals surface area contributed by atoms with Gasteiger partial charge in [0.1, 0.15) is 5.75 Å². The lowest BCUT2D eigenvalue weighted by Crippen LogP contribution is -1.93. The van der Waals surface area contributed by atoms with Crippen LogP contribution in [0.15, 0.2) is 47.4 Å². The average Bonchev–Trinajstić information content (AvgIpc) is 2.33. The van der Waals surface area contributed by atoms with Gasteiger partial charge in [-0.05, 0) is 11.6 Å². The molecule has 0 unspecified atom stereocenters. The lowest BCUT2D eigenvalue weighted by Gasteiger charge is -2.11. The minimum Gasteiger partial charge on any atom is -0.496 e. The van der Waals surface area contributed by atoms with Gasteiger partial charge in [-0.2, -0.15) is 0 Å². The van der Waals surface area contributed by atoms with Crippen LogP contribution in [0, 0.1) is 0 Å². The molecule has 90 valence electrons. The molecular weight excluding hydrogens is 254 g/mol. The zero-order valence-electron chi connectivity index (χ0n) is 9.38. The molecule has 0 saturated carbocycles. The Morgan fingerprint density at radius 1 is 1.12 bits per heavy atom. The molecule has 2 aromatic rings. The molecule has 4 heteroatoms. The van der Waals surface area contributed by atoms with Crippen LogP contribution in [0.1, 0.15) is 0 Å². The van der Waals surface area contributed by atoms with Crippen LogP contribution in [-0.4, -0.2) is 7.11 Å². The van der Waals surface area contributed by atoms with Gasteiger partial charge in [0.05, 0.1) is 7.11 Å². The van der Waals surface area contributed by atoms with Gasteiger partial charge in [-0.25, -0.2) is 0 Å². The van der Waals surface area contributed by atoms with Gasteiger partial charge in [0, 0.05) is 22.2 Å². The van der Waals surface area contributed by atoms with E-state index in [0.29, 0.717) is 5.69 Å². The second-order valence-electron chi connectivity index (χ2n) is 3.48. The second kappa shape index (κ2) is 5.84. The molecule has 2 aromatic carbocycles. The highest BCUT2D eigenvalue weighted by molar-refractivity contribution is 7.80. The van der Waals surface area contributed by atoms with Crippen molar-refractivity contribution in [2.24, 2.45) is 0 Å². The Morgan fingerprint density at radius 2 is 1.76 bits per heavy atom. The lowest BCUT2D eigenvalue weighted by atomic mass is 10.0. The summed E-state index contributed by atoms with van der Waals surface area (Å²) in [5.41, 5.74) is 8.51. The maximum absolute atomic E-state index is 5.79. The summed E-state index contributed by atoms with van der Waals surface area (Å²) >= 11 is 4.32. The molecule has 0 aliphatic heterocycles. The van der Waals surface area contributed by atoms with Gasteiger partial charge in [0.2, 0.25) is 0 Å². The smallest absolute Gasteiger partial charge is 0.128 e. The molecule has 2 rings (SSSR count). The molecule has 0 spiro atoms. The van der Waals surface area contributed by atoms with E-state index < -0.39 is 0 Å². The van der Waals surface area contributed by atoms with Crippen molar-refractivity contribution in [1.29, 1.82) is 0 Å². The highest BCUT2D eigenvalue weighted by Gasteiger charge is 2.08. The third-order valence-corrected chi connectivity index (χ3v) is 2.82. The number of nitrogen functional groups attached to an aromatic ring is 1. The van der Waals surface area contributed by atoms with Crippen molar-refractivity contribution in [3.63, 3.8) is 0 Å². The third-order valence-electron chi connectivity index (χ3n) is 2.43. The predicted octanol–water partition coefficient (Wildman–Crippen LogP) is 3.65. The molecule has 0 aliphatic carbocycles. The Hall–Kier alpha value is -1.32. The van der Waals surface area contributed by atoms with E-state index in [-0.39, 0.29) is 12.4 Å². The number of thiol groups is 1. The van der Waals surface area contributed by atoms with Crippen LogP contribution < -0.4 is 10.5 Å². The number of methoxy groups -OCH3 is 1. The summed E-state index contributed by atoms with van der Waals surface area (Å²) in [5, 5.41) is 0. The van der Waals surface area contributed by atoms with Crippen LogP contribution in [0.3, 0.4) is 0 Å². The van der Waals surface area contributed by atoms with Crippen LogP contribution in [-0.2, 0) is 0 Å². The molecule has 17 heavy (non-hydrogen) atoms. The summed E-state index contributed by atoms with van der Waals surface area (Å²) in [6.45, 7) is 0. The van der Waals surface area contributed by atoms with Crippen molar-refractivity contribution in [2.75, 3.05) is 12.8 Å². The standard InChI is InChI=1S/C13H13NOS.ClH/c1-15-12-8-11(14)13(16)7-10(12)9-5-3-2-4-6-9;/h2-8,16H,14H2,1H3;1H. The van der Waals surface area contributed by atoms with Crippen LogP contribution in [0.25, 0.3) is 11.1 Å². The molecule has 0 bridgehead atoms. The van der Waals surface area contributed by atoms with E-state index in [9.17, 15) is 0 Å². The number of hydrogen-bond donors (Lipinski definition) is 2. The average molecular weight is 268 g/mol. The van der Waals surface area contributed by atoms with E-state index in [0.717, 1.165) is 21.8 Å². The fraction of sp³-hybridized carbons (Fsp3) is 0.0769. The highest BCUT2D eigenvalue weighted by atomic mass is 35.5. The van der Waals surface area contributed by atoms with Gasteiger partial charge < -0.3 is 10.5 Å². The quantitative estimate of drug-likeness (QED) is 0.643. The summed E-state index contributed by atoms with van der Waals surface area (Å²) in [6, 6.07) is 13.7. The number of ether oxygens (including phenoxy) is 1. The first-order valence-electron chi connectivity index (χ1n) is 4.94. The maximum Gasteiger partial charge on any atom is 0.128 e. The summed E-state index contributed by atoms with van der Waals surface area (Å²) in [6.07, 6.45) is 0. The number of hydrogen-bond acceptors (Lipinski definition) is 3. The van der Waals surface area contributed by atoms with Gasteiger partial charge in [-0.1, -0.05) is 30.3 Å². The zero-order valence-corrected chi connectivity index (χ0v) is 11.1. The van der Waals surface area contributed by atoms with Crippen molar-refractivity contribution < 1.29 is 4.74 Å². The van der Waals surface area contributed by atoms with E-state index in [2.05, 4.69) is 12.6 Å². The first-order chi connectivity index (χ1) is 7.72. The molecule has 0 amide bonds. The zero-order chi connectivity index (χ0) is 11.5. The largest absolute Gasteiger partial charge is 0.496 e. The Morgan fingerprint density at radius 3 is 2.35 bits per heavy atom. The lowest BCUT2D eigenvalue weighted by molar-refractivity contribution is 0.416. The molecule has 2 N–H and O–H groups in total. The SMILES string of the molecule is COc1cc(N)c(S)cc1-c1ccccc1.Cl. The minimum atomic E-state index is 0. The Kier molecular flexibility index (Phi) is 4.73. The molecule has 0 heterocycles. The van der Waals surface area contributed by atoms with Crippen molar-refractivity contribution in [2.45, 2.75) is 4.90 Å². The second-order valence-corrected chi connectivity index (χ2v) is 3.96. The van der Waals surface area contributed by atoms with Crippen LogP contribution in [0.2, 0.25) is 0 Å². The molecule has 2 nitrogen and oxygen atoms in total. The normalized spacial score (nSPS) is 9.53. The summed E-state index contributed by atoms with van der Waals surface area (Å²) in [7, 11) is 1.64. The third kappa shape index (κ3) is 2.87. The van der Waals surface area contributed by atoms with Crippen LogP contribution >= 0.6 is 25.0 Å². The summed E-state index contributed by atoms with van der Waals surface area (Å²) in [5.74, 6) is 0.765. The summed E-state index contributed by atoms with van der Waals surface area (Å²) in [4.78, 5) is 0.764. The van der Waals surface area contributed by atoms with Crippen LogP contribution in [0.5, 0.6) is 5.75 Å². The molecule has 0 fully saturated rings. The molecule has 0 radical (unpaired) electrons. The first-order valence-corrected chi connectivity index (χ1v) is 5.39. The molecule has 0 aromatic heterocycles. The predicted molar refractivity (Wildman–Crippen MR) is 77.3 cm³/mol. The van der Waals surface area contributed by atoms with Gasteiger partial charge in [-0.3, -0.25) is 0 Å². The molecular formula is C13H14ClNOS. The Bertz CT molecular complexity index is 502. The van der Waals surface area contributed by atoms with Crippen LogP contribution in [0.4, 0.5) is 5.69 Å². The number of anilines is 1. The van der Waals surface area contributed by atoms with Gasteiger partial charge in [-0.15, -0.1) is 25.0 Å². The van der Waals surface area contributed by atoms with Crippen molar-refractivity contribution >= 4 is 30.7 Å². The number of benzene rings is 2. The van der Waals surface area contributed by atoms with E-state index in [1.165, 1.54) is 0 Å². The van der Waals surface area contributed by atoms with E-state index in [4.69, 9.17) is 10.5 Å². The van der Waals surface area contributed by atoms with Crippen molar-refractivity contribution in [3.8, 4) is 16.9 Å². The summed E-state index contributed by atoms with van der Waals surface area (Å²) < 4.78 is 5.32. The van der Waals surface area contributed by atoms with Gasteiger partial charge in [0.15, 0.2) is 0 Å². The number of nitrogens with two attached hydrogens (primary N) is 1. The van der Waals surface area contributed by atoms with Crippen molar-refractivity contribution in [1.82, 2.24) is 0 Å². The Labute approximate surface area is 113 Å².